The summed E-state index contributed by atoms with van der Waals surface area (Å²) >= 11 is 1.67. The Labute approximate surface area is 253 Å². The summed E-state index contributed by atoms with van der Waals surface area (Å²) in [5.41, 5.74) is 6.82. The zero-order valence-electron chi connectivity index (χ0n) is 26.3. The van der Waals surface area contributed by atoms with Gasteiger partial charge in [0, 0.05) is 29.3 Å². The van der Waals surface area contributed by atoms with Crippen molar-refractivity contribution in [2.75, 3.05) is 11.9 Å². The lowest BCUT2D eigenvalue weighted by atomic mass is 9.86. The third kappa shape index (κ3) is 11.3. The molecule has 0 aliphatic carbocycles. The van der Waals surface area contributed by atoms with Crippen molar-refractivity contribution in [3.05, 3.63) is 75.7 Å². The molecular weight excluding hydrogens is 524 g/mol. The molecule has 4 nitrogen and oxygen atoms in total. The number of aryl methyl sites for hydroxylation is 1. The van der Waals surface area contributed by atoms with E-state index in [-0.39, 0.29) is 11.3 Å². The van der Waals surface area contributed by atoms with Gasteiger partial charge in [0.05, 0.1) is 12.0 Å². The van der Waals surface area contributed by atoms with Crippen LogP contribution in [0.25, 0.3) is 0 Å². The molecule has 0 bridgehead atoms. The Kier molecular flexibility index (Phi) is 13.9. The maximum atomic E-state index is 13.4. The van der Waals surface area contributed by atoms with Crippen molar-refractivity contribution in [2.45, 2.75) is 124 Å². The molecule has 0 spiro atoms. The number of anilines is 1. The van der Waals surface area contributed by atoms with E-state index in [1.807, 2.05) is 36.4 Å². The minimum atomic E-state index is -0.0996. The number of aromatic nitrogens is 1. The monoisotopic (exact) mass is 577 g/mol. The maximum Gasteiger partial charge on any atom is 0.256 e. The number of benzene rings is 2. The van der Waals surface area contributed by atoms with E-state index in [1.54, 1.807) is 11.3 Å². The van der Waals surface area contributed by atoms with Crippen molar-refractivity contribution in [1.82, 2.24) is 0 Å². The van der Waals surface area contributed by atoms with Gasteiger partial charge < -0.3 is 10.1 Å². The van der Waals surface area contributed by atoms with Crippen LogP contribution in [0.4, 0.5) is 5.69 Å². The van der Waals surface area contributed by atoms with Gasteiger partial charge in [-0.1, -0.05) is 128 Å². The smallest absolute Gasteiger partial charge is 0.256 e. The van der Waals surface area contributed by atoms with Crippen molar-refractivity contribution >= 4 is 22.9 Å². The summed E-state index contributed by atoms with van der Waals surface area (Å²) in [5.74, 6) is 0.836. The molecule has 1 heterocycles. The van der Waals surface area contributed by atoms with Gasteiger partial charge >= 0.3 is 0 Å². The highest BCUT2D eigenvalue weighted by molar-refractivity contribution is 7.07. The van der Waals surface area contributed by atoms with Gasteiger partial charge in [-0.25, -0.2) is 0 Å². The van der Waals surface area contributed by atoms with E-state index in [9.17, 15) is 4.79 Å². The second kappa shape index (κ2) is 17.3. The number of carbonyl (C=O) groups excluding carboxylic acids is 1. The number of nitrogens with zero attached hydrogens (tertiary/aromatic N) is 1. The Morgan fingerprint density at radius 1 is 0.878 bits per heavy atom. The average molecular weight is 578 g/mol. The number of ether oxygens (including phenoxy) is 1. The Balaban J connectivity index is 1.48. The first-order valence-electron chi connectivity index (χ1n) is 15.9. The third-order valence-electron chi connectivity index (χ3n) is 7.78. The fourth-order valence-electron chi connectivity index (χ4n) is 5.22. The van der Waals surface area contributed by atoms with Crippen LogP contribution in [0.3, 0.4) is 0 Å². The standard InChI is InChI=1S/C36H52N2O2S/c1-6-7-8-9-10-11-12-13-14-15-16-19-24-40-34-23-22-31(25-33(34)36(3,4)5)37-35(39)32-21-18-17-20-30(32)26-38-28-41-27-29(38)2/h17-18,20-23,25,27-28H,6-16,19,24,26H2,1-5H3/p+1. The zero-order chi connectivity index (χ0) is 29.5. The lowest BCUT2D eigenvalue weighted by molar-refractivity contribution is -0.689. The van der Waals surface area contributed by atoms with Gasteiger partial charge in [-0.2, -0.15) is 4.57 Å². The zero-order valence-corrected chi connectivity index (χ0v) is 27.1. The highest BCUT2D eigenvalue weighted by Crippen LogP contribution is 2.34. The van der Waals surface area contributed by atoms with E-state index >= 15 is 0 Å². The first kappa shape index (κ1) is 32.8. The first-order valence-corrected chi connectivity index (χ1v) is 16.8. The predicted molar refractivity (Wildman–Crippen MR) is 174 cm³/mol. The van der Waals surface area contributed by atoms with E-state index in [0.29, 0.717) is 12.1 Å². The van der Waals surface area contributed by atoms with Gasteiger partial charge in [0.2, 0.25) is 5.51 Å². The maximum absolute atomic E-state index is 13.4. The normalized spacial score (nSPS) is 11.5. The summed E-state index contributed by atoms with van der Waals surface area (Å²) in [6, 6.07) is 13.9. The number of amides is 1. The number of carbonyl (C=O) groups is 1. The molecule has 0 aliphatic rings. The van der Waals surface area contributed by atoms with Gasteiger partial charge in [-0.3, -0.25) is 4.79 Å². The highest BCUT2D eigenvalue weighted by atomic mass is 32.1. The lowest BCUT2D eigenvalue weighted by Gasteiger charge is -2.24. The van der Waals surface area contributed by atoms with Gasteiger partial charge in [0.25, 0.3) is 5.91 Å². The summed E-state index contributed by atoms with van der Waals surface area (Å²) in [6.07, 6.45) is 16.1. The van der Waals surface area contributed by atoms with E-state index in [1.165, 1.54) is 76.3 Å². The van der Waals surface area contributed by atoms with Gasteiger partial charge in [0.1, 0.15) is 5.75 Å². The topological polar surface area (TPSA) is 42.2 Å². The predicted octanol–water partition coefficient (Wildman–Crippen LogP) is 10.0. The SMILES string of the molecule is CCCCCCCCCCCCCCOc1ccc(NC(=O)c2ccccc2C[n+]2cscc2C)cc1C(C)(C)C. The second-order valence-electron chi connectivity index (χ2n) is 12.4. The van der Waals surface area contributed by atoms with Crippen LogP contribution >= 0.6 is 11.3 Å². The van der Waals surface area contributed by atoms with Gasteiger partial charge in [-0.05, 0) is 36.1 Å². The molecule has 3 aromatic rings. The fraction of sp³-hybridized carbons (Fsp3) is 0.556. The van der Waals surface area contributed by atoms with Crippen LogP contribution in [0, 0.1) is 6.92 Å². The first-order chi connectivity index (χ1) is 19.8. The molecule has 5 heteroatoms. The molecular formula is C36H53N2O2S+. The van der Waals surface area contributed by atoms with Crippen LogP contribution in [-0.2, 0) is 12.0 Å². The molecule has 0 saturated heterocycles. The van der Waals surface area contributed by atoms with Crippen molar-refractivity contribution < 1.29 is 14.1 Å². The molecule has 0 fully saturated rings. The van der Waals surface area contributed by atoms with Gasteiger partial charge in [-0.15, -0.1) is 0 Å². The molecule has 0 aliphatic heterocycles. The van der Waals surface area contributed by atoms with Crippen LogP contribution in [-0.4, -0.2) is 12.5 Å². The molecule has 0 radical (unpaired) electrons. The largest absolute Gasteiger partial charge is 0.493 e. The number of thiazole rings is 1. The summed E-state index contributed by atoms with van der Waals surface area (Å²) in [7, 11) is 0. The molecule has 41 heavy (non-hydrogen) atoms. The summed E-state index contributed by atoms with van der Waals surface area (Å²) in [4.78, 5) is 13.4. The number of nitrogens with one attached hydrogen (secondary N) is 1. The highest BCUT2D eigenvalue weighted by Gasteiger charge is 2.21. The molecule has 2 aromatic carbocycles. The minimum absolute atomic E-state index is 0.0842. The Hall–Kier alpha value is -2.66. The molecule has 224 valence electrons. The Morgan fingerprint density at radius 3 is 2.12 bits per heavy atom. The summed E-state index contributed by atoms with van der Waals surface area (Å²) < 4.78 is 8.45. The molecule has 1 aromatic heterocycles. The van der Waals surface area contributed by atoms with Crippen LogP contribution in [0.5, 0.6) is 5.75 Å². The van der Waals surface area contributed by atoms with E-state index < -0.39 is 0 Å². The fourth-order valence-corrected chi connectivity index (χ4v) is 6.00. The number of hydrogen-bond acceptors (Lipinski definition) is 3. The second-order valence-corrected chi connectivity index (χ2v) is 13.2. The average Bonchev–Trinajstić information content (AvgIpc) is 3.35. The minimum Gasteiger partial charge on any atom is -0.493 e. The van der Waals surface area contributed by atoms with Crippen LogP contribution < -0.4 is 14.6 Å². The van der Waals surface area contributed by atoms with Crippen molar-refractivity contribution in [3.63, 3.8) is 0 Å². The van der Waals surface area contributed by atoms with Crippen LogP contribution in [0.1, 0.15) is 132 Å². The van der Waals surface area contributed by atoms with E-state index in [2.05, 4.69) is 61.5 Å². The molecule has 0 unspecified atom stereocenters. The van der Waals surface area contributed by atoms with Crippen molar-refractivity contribution in [2.24, 2.45) is 0 Å². The number of rotatable bonds is 18. The summed E-state index contributed by atoms with van der Waals surface area (Å²) in [6.45, 7) is 12.4. The molecule has 0 saturated carbocycles. The Bertz CT molecular complexity index is 1190. The van der Waals surface area contributed by atoms with Crippen LogP contribution in [0.2, 0.25) is 0 Å². The molecule has 1 amide bonds. The summed E-state index contributed by atoms with van der Waals surface area (Å²) in [5, 5.41) is 5.27. The molecule has 0 atom stereocenters. The quantitative estimate of drug-likeness (QED) is 0.121. The van der Waals surface area contributed by atoms with Crippen molar-refractivity contribution in [3.8, 4) is 5.75 Å². The van der Waals surface area contributed by atoms with Gasteiger partial charge in [0.15, 0.2) is 12.2 Å². The Morgan fingerprint density at radius 2 is 1.51 bits per heavy atom. The third-order valence-corrected chi connectivity index (χ3v) is 8.64. The lowest BCUT2D eigenvalue weighted by Crippen LogP contribution is -2.35. The number of hydrogen-bond donors (Lipinski definition) is 1. The number of unbranched alkanes of at least 4 members (excludes halogenated alkanes) is 11. The van der Waals surface area contributed by atoms with Crippen molar-refractivity contribution in [1.29, 1.82) is 0 Å². The molecule has 3 rings (SSSR count). The van der Waals surface area contributed by atoms with Crippen LogP contribution in [0.15, 0.2) is 53.4 Å². The molecule has 1 N–H and O–H groups in total. The van der Waals surface area contributed by atoms with E-state index in [0.717, 1.165) is 35.6 Å². The van der Waals surface area contributed by atoms with E-state index in [4.69, 9.17) is 4.74 Å².